The van der Waals surface area contributed by atoms with Crippen LogP contribution < -0.4 is 10.6 Å². The van der Waals surface area contributed by atoms with Gasteiger partial charge in [0, 0.05) is 34.3 Å². The topological polar surface area (TPSA) is 66.0 Å². The highest BCUT2D eigenvalue weighted by Gasteiger charge is 2.09. The smallest absolute Gasteiger partial charge is 0.239 e. The predicted octanol–water partition coefficient (Wildman–Crippen LogP) is 1.38. The third-order valence-corrected chi connectivity index (χ3v) is 3.28. The van der Waals surface area contributed by atoms with Crippen molar-refractivity contribution in [1.29, 1.82) is 0 Å². The summed E-state index contributed by atoms with van der Waals surface area (Å²) in [5, 5.41) is 5.82. The van der Waals surface area contributed by atoms with Crippen molar-refractivity contribution in [2.24, 2.45) is 4.99 Å². The van der Waals surface area contributed by atoms with E-state index in [9.17, 15) is 4.79 Å². The largest absolute Gasteiger partial charge is 0.383 e. The Balaban J connectivity index is 0.00000484. The number of aryl methyl sites for hydroxylation is 1. The summed E-state index contributed by atoms with van der Waals surface area (Å²) in [7, 11) is 5.26. The molecule has 1 rings (SSSR count). The van der Waals surface area contributed by atoms with Gasteiger partial charge < -0.3 is 20.3 Å². The summed E-state index contributed by atoms with van der Waals surface area (Å²) in [5.74, 6) is 0.604. The Bertz CT molecular complexity index is 509. The van der Waals surface area contributed by atoms with Crippen LogP contribution in [0.15, 0.2) is 29.3 Å². The fourth-order valence-corrected chi connectivity index (χ4v) is 2.02. The third-order valence-electron chi connectivity index (χ3n) is 3.28. The number of hydrogen-bond donors (Lipinski definition) is 2. The molecule has 0 saturated heterocycles. The highest BCUT2D eigenvalue weighted by molar-refractivity contribution is 14.0. The molecule has 6 nitrogen and oxygen atoms in total. The van der Waals surface area contributed by atoms with Gasteiger partial charge in [-0.2, -0.15) is 0 Å². The Morgan fingerprint density at radius 1 is 1.30 bits per heavy atom. The Labute approximate surface area is 155 Å². The Hall–Kier alpha value is -1.35. The molecule has 0 atom stereocenters. The second kappa shape index (κ2) is 12.1. The number of aliphatic imine (C=N–C) groups is 1. The van der Waals surface area contributed by atoms with E-state index in [1.54, 1.807) is 14.2 Å². The first-order valence-corrected chi connectivity index (χ1v) is 7.30. The van der Waals surface area contributed by atoms with E-state index in [-0.39, 0.29) is 36.4 Å². The lowest BCUT2D eigenvalue weighted by Gasteiger charge is -2.22. The number of hydrogen-bond acceptors (Lipinski definition) is 3. The molecule has 130 valence electrons. The number of halogens is 1. The first-order valence-electron chi connectivity index (χ1n) is 7.30. The minimum atomic E-state index is -0.0810. The first kappa shape index (κ1) is 21.6. The maximum absolute atomic E-state index is 11.7. The second-order valence-corrected chi connectivity index (χ2v) is 5.03. The molecule has 1 aromatic carbocycles. The maximum Gasteiger partial charge on any atom is 0.239 e. The summed E-state index contributed by atoms with van der Waals surface area (Å²) >= 11 is 0. The molecule has 23 heavy (non-hydrogen) atoms. The minimum absolute atomic E-state index is 0. The van der Waals surface area contributed by atoms with E-state index in [1.165, 1.54) is 11.1 Å². The minimum Gasteiger partial charge on any atom is -0.383 e. The molecule has 0 aromatic heterocycles. The van der Waals surface area contributed by atoms with Crippen LogP contribution in [0, 0.1) is 6.92 Å². The quantitative estimate of drug-likeness (QED) is 0.295. The number of carbonyl (C=O) groups excluding carboxylic acids is 1. The molecule has 0 aliphatic carbocycles. The number of amides is 1. The van der Waals surface area contributed by atoms with Gasteiger partial charge in [0.05, 0.1) is 13.2 Å². The van der Waals surface area contributed by atoms with Crippen molar-refractivity contribution in [3.63, 3.8) is 0 Å². The average Bonchev–Trinajstić information content (AvgIpc) is 2.50. The van der Waals surface area contributed by atoms with E-state index >= 15 is 0 Å². The lowest BCUT2D eigenvalue weighted by molar-refractivity contribution is -0.120. The lowest BCUT2D eigenvalue weighted by Crippen LogP contribution is -2.44. The zero-order valence-corrected chi connectivity index (χ0v) is 16.6. The van der Waals surface area contributed by atoms with E-state index < -0.39 is 0 Å². The van der Waals surface area contributed by atoms with Crippen LogP contribution in [-0.2, 0) is 16.1 Å². The summed E-state index contributed by atoms with van der Waals surface area (Å²) in [6.45, 7) is 4.02. The zero-order chi connectivity index (χ0) is 16.4. The van der Waals surface area contributed by atoms with Crippen LogP contribution in [-0.4, -0.2) is 57.7 Å². The van der Waals surface area contributed by atoms with Crippen LogP contribution in [0.25, 0.3) is 0 Å². The van der Waals surface area contributed by atoms with Crippen LogP contribution in [0.5, 0.6) is 0 Å². The van der Waals surface area contributed by atoms with E-state index in [0.29, 0.717) is 19.1 Å². The Morgan fingerprint density at radius 3 is 2.61 bits per heavy atom. The van der Waals surface area contributed by atoms with Crippen LogP contribution in [0.2, 0.25) is 0 Å². The van der Waals surface area contributed by atoms with Crippen molar-refractivity contribution in [3.8, 4) is 0 Å². The normalized spacial score (nSPS) is 10.7. The number of nitrogens with zero attached hydrogens (tertiary/aromatic N) is 2. The van der Waals surface area contributed by atoms with E-state index in [4.69, 9.17) is 4.74 Å². The standard InChI is InChI=1S/C16H26N4O2.HI/c1-13-7-5-6-8-14(13)12-20(3)16(17-2)19-11-15(21)18-9-10-22-4;/h5-8H,9-12H2,1-4H3,(H,17,19)(H,18,21);1H. The number of methoxy groups -OCH3 is 1. The SMILES string of the molecule is CN=C(NCC(=O)NCCOC)N(C)Cc1ccccc1C.I. The van der Waals surface area contributed by atoms with Crippen molar-refractivity contribution in [3.05, 3.63) is 35.4 Å². The molecule has 1 amide bonds. The Morgan fingerprint density at radius 2 is 2.00 bits per heavy atom. The molecule has 0 fully saturated rings. The number of ether oxygens (including phenoxy) is 1. The van der Waals surface area contributed by atoms with Gasteiger partial charge in [-0.05, 0) is 18.1 Å². The van der Waals surface area contributed by atoms with Crippen LogP contribution in [0.1, 0.15) is 11.1 Å². The van der Waals surface area contributed by atoms with Gasteiger partial charge >= 0.3 is 0 Å². The molecule has 1 aromatic rings. The Kier molecular flexibility index (Phi) is 11.4. The van der Waals surface area contributed by atoms with E-state index in [0.717, 1.165) is 6.54 Å². The van der Waals surface area contributed by atoms with Gasteiger partial charge in [0.15, 0.2) is 5.96 Å². The van der Waals surface area contributed by atoms with Gasteiger partial charge in [-0.25, -0.2) is 0 Å². The summed E-state index contributed by atoms with van der Waals surface area (Å²) in [6.07, 6.45) is 0. The number of rotatable bonds is 7. The predicted molar refractivity (Wildman–Crippen MR) is 104 cm³/mol. The molecule has 0 radical (unpaired) electrons. The van der Waals surface area contributed by atoms with Crippen LogP contribution >= 0.6 is 24.0 Å². The van der Waals surface area contributed by atoms with Gasteiger partial charge in [0.2, 0.25) is 5.91 Å². The highest BCUT2D eigenvalue weighted by atomic mass is 127. The molecule has 0 heterocycles. The number of nitrogens with one attached hydrogen (secondary N) is 2. The summed E-state index contributed by atoms with van der Waals surface area (Å²) in [6, 6.07) is 8.23. The molecule has 0 saturated carbocycles. The van der Waals surface area contributed by atoms with Crippen molar-refractivity contribution >= 4 is 35.8 Å². The first-order chi connectivity index (χ1) is 10.6. The monoisotopic (exact) mass is 434 g/mol. The average molecular weight is 434 g/mol. The van der Waals surface area contributed by atoms with Gasteiger partial charge in [-0.15, -0.1) is 24.0 Å². The molecule has 0 unspecified atom stereocenters. The van der Waals surface area contributed by atoms with Crippen LogP contribution in [0.3, 0.4) is 0 Å². The summed E-state index contributed by atoms with van der Waals surface area (Å²) < 4.78 is 4.89. The second-order valence-electron chi connectivity index (χ2n) is 5.03. The van der Waals surface area contributed by atoms with Crippen molar-refractivity contribution in [2.45, 2.75) is 13.5 Å². The van der Waals surface area contributed by atoms with Crippen molar-refractivity contribution in [1.82, 2.24) is 15.5 Å². The number of carbonyl (C=O) groups is 1. The fraction of sp³-hybridized carbons (Fsp3) is 0.500. The molecule has 0 aliphatic heterocycles. The van der Waals surface area contributed by atoms with Gasteiger partial charge in [0.25, 0.3) is 0 Å². The molecule has 2 N–H and O–H groups in total. The third kappa shape index (κ3) is 8.17. The molecule has 0 aliphatic rings. The lowest BCUT2D eigenvalue weighted by atomic mass is 10.1. The van der Waals surface area contributed by atoms with Crippen molar-refractivity contribution in [2.75, 3.05) is 40.9 Å². The highest BCUT2D eigenvalue weighted by Crippen LogP contribution is 2.09. The molecular formula is C16H27IN4O2. The zero-order valence-electron chi connectivity index (χ0n) is 14.3. The van der Waals surface area contributed by atoms with Gasteiger partial charge in [-0.3, -0.25) is 9.79 Å². The van der Waals surface area contributed by atoms with Gasteiger partial charge in [0.1, 0.15) is 0 Å². The fourth-order valence-electron chi connectivity index (χ4n) is 2.02. The van der Waals surface area contributed by atoms with Gasteiger partial charge in [-0.1, -0.05) is 24.3 Å². The van der Waals surface area contributed by atoms with Crippen molar-refractivity contribution < 1.29 is 9.53 Å². The maximum atomic E-state index is 11.7. The molecule has 0 spiro atoms. The number of benzene rings is 1. The summed E-state index contributed by atoms with van der Waals surface area (Å²) in [5.41, 5.74) is 2.47. The molecule has 0 bridgehead atoms. The molecular weight excluding hydrogens is 407 g/mol. The van der Waals surface area contributed by atoms with E-state index in [1.807, 2.05) is 24.1 Å². The summed E-state index contributed by atoms with van der Waals surface area (Å²) in [4.78, 5) is 17.9. The van der Waals surface area contributed by atoms with E-state index in [2.05, 4.69) is 34.7 Å². The number of guanidine groups is 1. The molecule has 7 heteroatoms. The van der Waals surface area contributed by atoms with Crippen LogP contribution in [0.4, 0.5) is 0 Å².